The van der Waals surface area contributed by atoms with Crippen molar-refractivity contribution in [3.05, 3.63) is 42.5 Å². The Kier molecular flexibility index (Phi) is 3.99. The molecular weight excluding hydrogens is 330 g/mol. The van der Waals surface area contributed by atoms with Gasteiger partial charge < -0.3 is 14.8 Å². The molecular formula is C21H23NO4. The van der Waals surface area contributed by atoms with Crippen LogP contribution in [-0.2, 0) is 19.1 Å². The molecule has 2 aromatic carbocycles. The summed E-state index contributed by atoms with van der Waals surface area (Å²) >= 11 is 0. The van der Waals surface area contributed by atoms with E-state index in [0.29, 0.717) is 19.4 Å². The van der Waals surface area contributed by atoms with Gasteiger partial charge in [0, 0.05) is 23.9 Å². The Hall–Kier alpha value is -2.40. The number of esters is 1. The number of rotatable bonds is 2. The van der Waals surface area contributed by atoms with Gasteiger partial charge in [0.05, 0.1) is 24.5 Å². The fourth-order valence-corrected chi connectivity index (χ4v) is 4.32. The Labute approximate surface area is 152 Å². The zero-order valence-corrected chi connectivity index (χ0v) is 15.1. The standard InChI is InChI=1S/C21H23NO4/c1-20(2)13-21(10-11-25-20)16(12-18(23)26-21)19(24)22-17-9-5-7-14-6-3-4-8-15(14)17/h3-9,16H,10-13H2,1-2H3,(H,22,24)/t16-,21+/m0/s1. The molecule has 2 aliphatic rings. The number of anilines is 1. The molecule has 5 nitrogen and oxygen atoms in total. The van der Waals surface area contributed by atoms with E-state index in [1.54, 1.807) is 0 Å². The van der Waals surface area contributed by atoms with Gasteiger partial charge in [0.2, 0.25) is 5.91 Å². The quantitative estimate of drug-likeness (QED) is 0.837. The molecule has 0 aromatic heterocycles. The average Bonchev–Trinajstić information content (AvgIpc) is 2.89. The van der Waals surface area contributed by atoms with Gasteiger partial charge in [0.1, 0.15) is 5.60 Å². The molecule has 2 fully saturated rings. The summed E-state index contributed by atoms with van der Waals surface area (Å²) < 4.78 is 11.5. The molecule has 1 amide bonds. The van der Waals surface area contributed by atoms with Crippen LogP contribution >= 0.6 is 0 Å². The summed E-state index contributed by atoms with van der Waals surface area (Å²) in [6.07, 6.45) is 1.20. The van der Waals surface area contributed by atoms with Gasteiger partial charge in [-0.1, -0.05) is 36.4 Å². The van der Waals surface area contributed by atoms with Crippen molar-refractivity contribution in [2.24, 2.45) is 5.92 Å². The Morgan fingerprint density at radius 3 is 2.73 bits per heavy atom. The second-order valence-corrected chi connectivity index (χ2v) is 7.85. The molecule has 2 saturated heterocycles. The minimum atomic E-state index is -0.770. The van der Waals surface area contributed by atoms with Crippen LogP contribution in [0, 0.1) is 5.92 Å². The van der Waals surface area contributed by atoms with Crippen LogP contribution in [0.15, 0.2) is 42.5 Å². The van der Waals surface area contributed by atoms with Gasteiger partial charge in [0.15, 0.2) is 0 Å². The zero-order chi connectivity index (χ0) is 18.4. The summed E-state index contributed by atoms with van der Waals surface area (Å²) in [4.78, 5) is 25.2. The maximum Gasteiger partial charge on any atom is 0.307 e. The summed E-state index contributed by atoms with van der Waals surface area (Å²) in [5.74, 6) is -0.970. The average molecular weight is 353 g/mol. The van der Waals surface area contributed by atoms with E-state index in [-0.39, 0.29) is 18.3 Å². The zero-order valence-electron chi connectivity index (χ0n) is 15.1. The van der Waals surface area contributed by atoms with E-state index in [1.165, 1.54) is 0 Å². The number of ether oxygens (including phenoxy) is 2. The van der Waals surface area contributed by atoms with Crippen molar-refractivity contribution in [1.82, 2.24) is 0 Å². The van der Waals surface area contributed by atoms with Crippen LogP contribution in [0.25, 0.3) is 10.8 Å². The van der Waals surface area contributed by atoms with E-state index in [1.807, 2.05) is 56.3 Å². The molecule has 136 valence electrons. The summed E-state index contributed by atoms with van der Waals surface area (Å²) in [6.45, 7) is 4.43. The topological polar surface area (TPSA) is 64.6 Å². The molecule has 1 spiro atoms. The van der Waals surface area contributed by atoms with Crippen molar-refractivity contribution in [2.45, 2.75) is 44.3 Å². The minimum absolute atomic E-state index is 0.118. The molecule has 26 heavy (non-hydrogen) atoms. The van der Waals surface area contributed by atoms with Gasteiger partial charge >= 0.3 is 5.97 Å². The second-order valence-electron chi connectivity index (χ2n) is 7.85. The predicted molar refractivity (Wildman–Crippen MR) is 98.8 cm³/mol. The van der Waals surface area contributed by atoms with Crippen LogP contribution in [0.3, 0.4) is 0 Å². The van der Waals surface area contributed by atoms with Gasteiger partial charge in [0.25, 0.3) is 0 Å². The molecule has 1 N–H and O–H groups in total. The molecule has 2 atom stereocenters. The normalized spacial score (nSPS) is 27.5. The van der Waals surface area contributed by atoms with Gasteiger partial charge in [-0.15, -0.1) is 0 Å². The molecule has 2 aromatic rings. The lowest BCUT2D eigenvalue weighted by molar-refractivity contribution is -0.178. The molecule has 0 bridgehead atoms. The van der Waals surface area contributed by atoms with Gasteiger partial charge in [-0.2, -0.15) is 0 Å². The van der Waals surface area contributed by atoms with Crippen molar-refractivity contribution < 1.29 is 19.1 Å². The second kappa shape index (κ2) is 6.09. The van der Waals surface area contributed by atoms with Crippen molar-refractivity contribution in [1.29, 1.82) is 0 Å². The van der Waals surface area contributed by atoms with Gasteiger partial charge in [-0.3, -0.25) is 9.59 Å². The highest BCUT2D eigenvalue weighted by Gasteiger charge is 2.56. The number of nitrogens with one attached hydrogen (secondary N) is 1. The molecule has 5 heteroatoms. The maximum atomic E-state index is 13.1. The maximum absolute atomic E-state index is 13.1. The van der Waals surface area contributed by atoms with Crippen LogP contribution in [0.2, 0.25) is 0 Å². The smallest absolute Gasteiger partial charge is 0.307 e. The fourth-order valence-electron chi connectivity index (χ4n) is 4.32. The van der Waals surface area contributed by atoms with Gasteiger partial charge in [-0.25, -0.2) is 0 Å². The number of fused-ring (bicyclic) bond motifs is 1. The third-order valence-corrected chi connectivity index (χ3v) is 5.43. The molecule has 0 radical (unpaired) electrons. The van der Waals surface area contributed by atoms with Crippen LogP contribution in [-0.4, -0.2) is 29.7 Å². The Morgan fingerprint density at radius 1 is 1.15 bits per heavy atom. The molecule has 0 aliphatic carbocycles. The van der Waals surface area contributed by atoms with E-state index >= 15 is 0 Å². The van der Waals surface area contributed by atoms with Crippen molar-refractivity contribution in [2.75, 3.05) is 11.9 Å². The molecule has 4 rings (SSSR count). The first kappa shape index (κ1) is 17.0. The number of hydrogen-bond donors (Lipinski definition) is 1. The number of benzene rings is 2. The minimum Gasteiger partial charge on any atom is -0.458 e. The number of carbonyl (C=O) groups excluding carboxylic acids is 2. The van der Waals surface area contributed by atoms with Crippen LogP contribution in [0.1, 0.15) is 33.1 Å². The SMILES string of the molecule is CC1(C)C[C@@]2(CCO1)OC(=O)C[C@H]2C(=O)Nc1cccc2ccccc12. The molecule has 0 unspecified atom stereocenters. The Bertz CT molecular complexity index is 870. The lowest BCUT2D eigenvalue weighted by Crippen LogP contribution is -2.52. The van der Waals surface area contributed by atoms with Crippen molar-refractivity contribution in [3.8, 4) is 0 Å². The third kappa shape index (κ3) is 2.97. The van der Waals surface area contributed by atoms with E-state index in [4.69, 9.17) is 9.47 Å². The number of hydrogen-bond acceptors (Lipinski definition) is 4. The third-order valence-electron chi connectivity index (χ3n) is 5.43. The fraction of sp³-hybridized carbons (Fsp3) is 0.429. The molecule has 2 heterocycles. The van der Waals surface area contributed by atoms with Crippen LogP contribution in [0.4, 0.5) is 5.69 Å². The lowest BCUT2D eigenvalue weighted by atomic mass is 9.75. The number of carbonyl (C=O) groups is 2. The highest BCUT2D eigenvalue weighted by molar-refractivity contribution is 6.04. The van der Waals surface area contributed by atoms with E-state index in [2.05, 4.69) is 5.32 Å². The number of amides is 1. The van der Waals surface area contributed by atoms with Crippen LogP contribution in [0.5, 0.6) is 0 Å². The Morgan fingerprint density at radius 2 is 1.92 bits per heavy atom. The first-order chi connectivity index (χ1) is 12.4. The molecule has 0 saturated carbocycles. The summed E-state index contributed by atoms with van der Waals surface area (Å²) in [6, 6.07) is 13.7. The van der Waals surface area contributed by atoms with E-state index in [9.17, 15) is 9.59 Å². The first-order valence-electron chi connectivity index (χ1n) is 9.03. The molecule has 2 aliphatic heterocycles. The highest BCUT2D eigenvalue weighted by Crippen LogP contribution is 2.46. The van der Waals surface area contributed by atoms with Crippen molar-refractivity contribution >= 4 is 28.3 Å². The largest absolute Gasteiger partial charge is 0.458 e. The summed E-state index contributed by atoms with van der Waals surface area (Å²) in [5, 5.41) is 5.08. The lowest BCUT2D eigenvalue weighted by Gasteiger charge is -2.43. The summed E-state index contributed by atoms with van der Waals surface area (Å²) in [7, 11) is 0. The van der Waals surface area contributed by atoms with Gasteiger partial charge in [-0.05, 0) is 25.3 Å². The predicted octanol–water partition coefficient (Wildman–Crippen LogP) is 3.67. The Balaban J connectivity index is 1.63. The summed E-state index contributed by atoms with van der Waals surface area (Å²) in [5.41, 5.74) is -0.428. The van der Waals surface area contributed by atoms with E-state index < -0.39 is 17.1 Å². The highest BCUT2D eigenvalue weighted by atomic mass is 16.6. The first-order valence-corrected chi connectivity index (χ1v) is 9.03. The van der Waals surface area contributed by atoms with Crippen LogP contribution < -0.4 is 5.32 Å². The monoisotopic (exact) mass is 353 g/mol. The van der Waals surface area contributed by atoms with E-state index in [0.717, 1.165) is 16.5 Å². The van der Waals surface area contributed by atoms with Crippen molar-refractivity contribution in [3.63, 3.8) is 0 Å².